The normalized spacial score (nSPS) is 16.3. The first-order chi connectivity index (χ1) is 26.3. The van der Waals surface area contributed by atoms with Crippen LogP contribution in [-0.4, -0.2) is 83.2 Å². The number of amides is 3. The highest BCUT2D eigenvalue weighted by Crippen LogP contribution is 2.32. The fourth-order valence-electron chi connectivity index (χ4n) is 6.99. The predicted octanol–water partition coefficient (Wildman–Crippen LogP) is 5.22. The number of carbonyl (C=O) groups is 4. The number of aromatic amines is 1. The molecule has 4 aromatic rings. The van der Waals surface area contributed by atoms with E-state index in [0.29, 0.717) is 42.5 Å². The Hall–Kier alpha value is -6.06. The van der Waals surface area contributed by atoms with Crippen LogP contribution in [0.1, 0.15) is 94.1 Å². The highest BCUT2D eigenvalue weighted by molar-refractivity contribution is 6.10. The van der Waals surface area contributed by atoms with Crippen LogP contribution in [-0.2, 0) is 16.1 Å². The molecule has 2 atom stereocenters. The van der Waals surface area contributed by atoms with Gasteiger partial charge in [0, 0.05) is 97.0 Å². The summed E-state index contributed by atoms with van der Waals surface area (Å²) < 4.78 is 0. The lowest BCUT2D eigenvalue weighted by molar-refractivity contribution is -0.121. The molecule has 0 radical (unpaired) electrons. The van der Waals surface area contributed by atoms with Crippen LogP contribution in [0.25, 0.3) is 16.5 Å². The molecule has 1 saturated heterocycles. The minimum Gasteiger partial charge on any atom is -0.404 e. The van der Waals surface area contributed by atoms with Crippen LogP contribution in [0.15, 0.2) is 72.0 Å². The first-order valence-electron chi connectivity index (χ1n) is 18.4. The number of hydrogen-bond donors (Lipinski definition) is 4. The summed E-state index contributed by atoms with van der Waals surface area (Å²) in [6.45, 7) is 1.98. The number of likely N-dealkylation sites (tertiary alicyclic amines) is 1. The van der Waals surface area contributed by atoms with Crippen LogP contribution in [0.2, 0.25) is 0 Å². The zero-order valence-electron chi connectivity index (χ0n) is 30.7. The van der Waals surface area contributed by atoms with Crippen molar-refractivity contribution in [3.63, 3.8) is 0 Å². The number of anilines is 1. The second-order valence-electron chi connectivity index (χ2n) is 13.6. The molecule has 0 bridgehead atoms. The quantitative estimate of drug-likeness (QED) is 0.0598. The average molecular weight is 727 g/mol. The molecule has 2 unspecified atom stereocenters. The molecule has 12 heteroatoms. The number of rotatable bonds is 14. The van der Waals surface area contributed by atoms with E-state index in [1.54, 1.807) is 43.7 Å². The maximum absolute atomic E-state index is 13.0. The van der Waals surface area contributed by atoms with Crippen molar-refractivity contribution in [3.05, 3.63) is 101 Å². The van der Waals surface area contributed by atoms with E-state index in [2.05, 4.69) is 55.4 Å². The Morgan fingerprint density at radius 2 is 1.96 bits per heavy atom. The van der Waals surface area contributed by atoms with Crippen molar-refractivity contribution < 1.29 is 19.2 Å². The number of nitrogens with zero attached hydrogens (tertiary/aromatic N) is 4. The van der Waals surface area contributed by atoms with Crippen molar-refractivity contribution in [1.29, 1.82) is 0 Å². The Balaban J connectivity index is 0.958. The molecule has 54 heavy (non-hydrogen) atoms. The third-order valence-corrected chi connectivity index (χ3v) is 10.1. The minimum absolute atomic E-state index is 0.166. The summed E-state index contributed by atoms with van der Waals surface area (Å²) >= 11 is 0. The van der Waals surface area contributed by atoms with Gasteiger partial charge in [-0.3, -0.25) is 24.3 Å². The smallest absolute Gasteiger partial charge is 0.256 e. The molecule has 2 aromatic heterocycles. The van der Waals surface area contributed by atoms with Crippen molar-refractivity contribution in [2.24, 2.45) is 10.7 Å². The first kappa shape index (κ1) is 37.7. The van der Waals surface area contributed by atoms with Crippen LogP contribution in [0.4, 0.5) is 5.82 Å². The van der Waals surface area contributed by atoms with Gasteiger partial charge in [0.25, 0.3) is 11.8 Å². The molecule has 1 fully saturated rings. The van der Waals surface area contributed by atoms with E-state index < -0.39 is 6.04 Å². The lowest BCUT2D eigenvalue weighted by Gasteiger charge is -2.22. The maximum atomic E-state index is 13.0. The molecule has 278 valence electrons. The second kappa shape index (κ2) is 17.6. The molecule has 3 amide bonds. The number of carbonyl (C=O) groups excluding carboxylic acids is 4. The third kappa shape index (κ3) is 8.76. The van der Waals surface area contributed by atoms with Gasteiger partial charge < -0.3 is 31.0 Å². The standard InChI is InChI=1S/C42H46N8O4/c1-44-40(52)18-17-33(27-51)50-26-35-29(10-7-11-34(35)42(50)54)9-5-3-4-6-19-45-24-32(23-43)28-13-15-30(16-14-28)41(53)48-39-22-36-31(25-46-39)21-37(47-36)38-12-8-20-49(38)2/h7,10-11,13-16,21-25,27,33,38,47H,3-4,6,8,12,17-20,26,43H2,1-2H3,(H,44,52)(H,46,48,53)/b32-23+,45-24?. The summed E-state index contributed by atoms with van der Waals surface area (Å²) in [5.41, 5.74) is 12.3. The number of pyridine rings is 1. The zero-order chi connectivity index (χ0) is 38.0. The highest BCUT2D eigenvalue weighted by atomic mass is 16.2. The van der Waals surface area contributed by atoms with Gasteiger partial charge in [0.15, 0.2) is 0 Å². The van der Waals surface area contributed by atoms with Crippen molar-refractivity contribution in [2.75, 3.05) is 32.5 Å². The van der Waals surface area contributed by atoms with Crippen molar-refractivity contribution in [1.82, 2.24) is 25.1 Å². The number of nitrogens with two attached hydrogens (primary N) is 1. The number of aldehydes is 1. The number of aromatic nitrogens is 2. The third-order valence-electron chi connectivity index (χ3n) is 10.1. The summed E-state index contributed by atoms with van der Waals surface area (Å²) in [5, 5.41) is 6.47. The first-order valence-corrected chi connectivity index (χ1v) is 18.4. The highest BCUT2D eigenvalue weighted by Gasteiger charge is 2.34. The summed E-state index contributed by atoms with van der Waals surface area (Å²) in [6, 6.07) is 16.4. The molecule has 2 aliphatic heterocycles. The Labute approximate surface area is 315 Å². The molecule has 4 heterocycles. The van der Waals surface area contributed by atoms with Gasteiger partial charge in [0.1, 0.15) is 12.1 Å². The molecular formula is C42H46N8O4. The Kier molecular flexibility index (Phi) is 12.3. The molecule has 5 N–H and O–H groups in total. The van der Waals surface area contributed by atoms with E-state index in [9.17, 15) is 19.2 Å². The van der Waals surface area contributed by atoms with Gasteiger partial charge in [-0.15, -0.1) is 0 Å². The SMILES string of the molecule is CNC(=O)CCC(C=O)N1Cc2c(C#CCCCCN=C/C(=C\N)c3ccc(C(=O)Nc4cc5[nH]c(C6CCCN6C)cc5cn4)cc3)cccc2C1=O. The summed E-state index contributed by atoms with van der Waals surface area (Å²) in [5.74, 6) is 6.27. The number of allylic oxidation sites excluding steroid dienone is 1. The molecule has 0 spiro atoms. The number of fused-ring (bicyclic) bond motifs is 2. The molecule has 12 nitrogen and oxygen atoms in total. The fourth-order valence-corrected chi connectivity index (χ4v) is 6.99. The van der Waals surface area contributed by atoms with Gasteiger partial charge >= 0.3 is 0 Å². The van der Waals surface area contributed by atoms with Gasteiger partial charge in [-0.2, -0.15) is 0 Å². The van der Waals surface area contributed by atoms with E-state index in [1.807, 2.05) is 24.3 Å². The van der Waals surface area contributed by atoms with Crippen molar-refractivity contribution >= 4 is 52.5 Å². The minimum atomic E-state index is -0.670. The molecular weight excluding hydrogens is 681 g/mol. The maximum Gasteiger partial charge on any atom is 0.256 e. The van der Waals surface area contributed by atoms with Crippen LogP contribution in [0, 0.1) is 11.8 Å². The van der Waals surface area contributed by atoms with Crippen LogP contribution in [0.3, 0.4) is 0 Å². The Morgan fingerprint density at radius 1 is 1.15 bits per heavy atom. The van der Waals surface area contributed by atoms with E-state index in [0.717, 1.165) is 65.3 Å². The number of H-pyrrole nitrogens is 1. The van der Waals surface area contributed by atoms with Crippen molar-refractivity contribution in [2.45, 2.75) is 63.6 Å². The van der Waals surface area contributed by atoms with Crippen molar-refractivity contribution in [3.8, 4) is 11.8 Å². The van der Waals surface area contributed by atoms with Crippen LogP contribution in [0.5, 0.6) is 0 Å². The van der Waals surface area contributed by atoms with Gasteiger partial charge in [-0.05, 0) is 87.2 Å². The number of nitrogens with one attached hydrogen (secondary N) is 3. The molecule has 2 aliphatic rings. The Morgan fingerprint density at radius 3 is 2.70 bits per heavy atom. The number of aliphatic imine (C=N–C) groups is 1. The lowest BCUT2D eigenvalue weighted by Crippen LogP contribution is -2.37. The molecule has 6 rings (SSSR count). The van der Waals surface area contributed by atoms with Gasteiger partial charge in [0.05, 0.1) is 11.6 Å². The topological polar surface area (TPSA) is 166 Å². The Bertz CT molecular complexity index is 2140. The largest absolute Gasteiger partial charge is 0.404 e. The van der Waals surface area contributed by atoms with E-state index >= 15 is 0 Å². The van der Waals surface area contributed by atoms with E-state index in [4.69, 9.17) is 5.73 Å². The predicted molar refractivity (Wildman–Crippen MR) is 211 cm³/mol. The van der Waals surface area contributed by atoms with E-state index in [1.165, 1.54) is 23.2 Å². The summed E-state index contributed by atoms with van der Waals surface area (Å²) in [4.78, 5) is 65.9. The van der Waals surface area contributed by atoms with Crippen LogP contribution >= 0.6 is 0 Å². The number of benzene rings is 2. The number of hydrogen-bond acceptors (Lipinski definition) is 8. The lowest BCUT2D eigenvalue weighted by atomic mass is 10.0. The number of unbranched alkanes of at least 4 members (excludes halogenated alkanes) is 2. The van der Waals surface area contributed by atoms with Gasteiger partial charge in [-0.1, -0.05) is 30.0 Å². The van der Waals surface area contributed by atoms with Crippen LogP contribution < -0.4 is 16.4 Å². The van der Waals surface area contributed by atoms with Gasteiger partial charge in [0.2, 0.25) is 5.91 Å². The molecule has 0 aliphatic carbocycles. The fraction of sp³-hybridized carbons (Fsp3) is 0.333. The average Bonchev–Trinajstić information content (AvgIpc) is 3.91. The van der Waals surface area contributed by atoms with Gasteiger partial charge in [-0.25, -0.2) is 4.98 Å². The summed E-state index contributed by atoms with van der Waals surface area (Å²) in [6.07, 6.45) is 10.8. The molecule has 2 aromatic carbocycles. The monoisotopic (exact) mass is 726 g/mol. The van der Waals surface area contributed by atoms with E-state index in [-0.39, 0.29) is 30.6 Å². The molecule has 0 saturated carbocycles. The summed E-state index contributed by atoms with van der Waals surface area (Å²) in [7, 11) is 3.69. The zero-order valence-corrected chi connectivity index (χ0v) is 30.7. The second-order valence-corrected chi connectivity index (χ2v) is 13.6.